The minimum Gasteiger partial charge on any atom is -0.454 e. The molecule has 2 heterocycles. The molecule has 0 radical (unpaired) electrons. The van der Waals surface area contributed by atoms with Gasteiger partial charge in [0, 0.05) is 24.3 Å². The topological polar surface area (TPSA) is 70.1 Å². The predicted octanol–water partition coefficient (Wildman–Crippen LogP) is 2.29. The molecule has 0 aliphatic heterocycles. The van der Waals surface area contributed by atoms with Gasteiger partial charge in [-0.05, 0) is 12.5 Å². The molecule has 0 saturated carbocycles. The van der Waals surface area contributed by atoms with Gasteiger partial charge in [-0.2, -0.15) is 0 Å². The van der Waals surface area contributed by atoms with Gasteiger partial charge >= 0.3 is 5.97 Å². The highest BCUT2D eigenvalue weighted by Gasteiger charge is 2.14. The summed E-state index contributed by atoms with van der Waals surface area (Å²) in [6.45, 7) is 2.99. The molecular formula is C12H15N3O2S. The maximum atomic E-state index is 11.9. The Morgan fingerprint density at radius 1 is 1.61 bits per heavy atom. The Kier molecular flexibility index (Phi) is 3.99. The molecule has 0 bridgehead atoms. The van der Waals surface area contributed by atoms with Crippen LogP contribution in [0.5, 0.6) is 0 Å². The molecule has 2 aromatic rings. The summed E-state index contributed by atoms with van der Waals surface area (Å²) in [5.74, 6) is -0.365. The van der Waals surface area contributed by atoms with Gasteiger partial charge in [-0.25, -0.2) is 9.78 Å². The summed E-state index contributed by atoms with van der Waals surface area (Å²) < 4.78 is 7.02. The largest absolute Gasteiger partial charge is 0.454 e. The number of esters is 1. The Hall–Kier alpha value is -1.82. The molecule has 0 spiro atoms. The van der Waals surface area contributed by atoms with Crippen LogP contribution in [0.15, 0.2) is 23.8 Å². The van der Waals surface area contributed by atoms with Gasteiger partial charge in [-0.3, -0.25) is 0 Å². The van der Waals surface area contributed by atoms with E-state index in [2.05, 4.69) is 4.98 Å². The predicted molar refractivity (Wildman–Crippen MR) is 70.4 cm³/mol. The summed E-state index contributed by atoms with van der Waals surface area (Å²) in [4.78, 5) is 16.0. The number of nitrogens with two attached hydrogens (primary N) is 1. The van der Waals surface area contributed by atoms with Crippen LogP contribution in [-0.4, -0.2) is 15.5 Å². The molecule has 2 aromatic heterocycles. The smallest absolute Gasteiger partial charge is 0.355 e. The van der Waals surface area contributed by atoms with E-state index in [0.717, 1.165) is 18.0 Å². The van der Waals surface area contributed by atoms with Gasteiger partial charge in [0.1, 0.15) is 17.3 Å². The van der Waals surface area contributed by atoms with Crippen molar-refractivity contribution in [3.8, 4) is 0 Å². The SMILES string of the molecule is CCCn1cc(N)cc1C(=O)OCc1nccs1. The van der Waals surface area contributed by atoms with Gasteiger partial charge in [0.05, 0.1) is 5.69 Å². The lowest BCUT2D eigenvalue weighted by Gasteiger charge is -2.06. The van der Waals surface area contributed by atoms with E-state index in [1.165, 1.54) is 11.3 Å². The van der Waals surface area contributed by atoms with Crippen LogP contribution < -0.4 is 5.73 Å². The highest BCUT2D eigenvalue weighted by molar-refractivity contribution is 7.09. The van der Waals surface area contributed by atoms with Crippen LogP contribution in [0.3, 0.4) is 0 Å². The van der Waals surface area contributed by atoms with Gasteiger partial charge in [0.25, 0.3) is 0 Å². The van der Waals surface area contributed by atoms with E-state index in [1.807, 2.05) is 16.9 Å². The van der Waals surface area contributed by atoms with E-state index in [4.69, 9.17) is 10.5 Å². The Morgan fingerprint density at radius 3 is 3.11 bits per heavy atom. The summed E-state index contributed by atoms with van der Waals surface area (Å²) >= 11 is 1.46. The summed E-state index contributed by atoms with van der Waals surface area (Å²) in [7, 11) is 0. The lowest BCUT2D eigenvalue weighted by molar-refractivity contribution is 0.0459. The fourth-order valence-electron chi connectivity index (χ4n) is 1.66. The molecule has 0 saturated heterocycles. The first-order chi connectivity index (χ1) is 8.70. The van der Waals surface area contributed by atoms with Crippen molar-refractivity contribution in [3.63, 3.8) is 0 Å². The lowest BCUT2D eigenvalue weighted by Crippen LogP contribution is -2.11. The molecule has 0 atom stereocenters. The molecule has 2 rings (SSSR count). The van der Waals surface area contributed by atoms with Crippen molar-refractivity contribution in [2.75, 3.05) is 5.73 Å². The first-order valence-electron chi connectivity index (χ1n) is 5.72. The van der Waals surface area contributed by atoms with Crippen molar-refractivity contribution in [2.24, 2.45) is 0 Å². The number of thiazole rings is 1. The van der Waals surface area contributed by atoms with Gasteiger partial charge in [-0.1, -0.05) is 6.92 Å². The first kappa shape index (κ1) is 12.6. The summed E-state index contributed by atoms with van der Waals surface area (Å²) in [5, 5.41) is 2.63. The second-order valence-corrected chi connectivity index (χ2v) is 4.83. The number of carbonyl (C=O) groups excluding carboxylic acids is 1. The van der Waals surface area contributed by atoms with Crippen LogP contribution in [-0.2, 0) is 17.9 Å². The van der Waals surface area contributed by atoms with Gasteiger partial charge in [0.2, 0.25) is 0 Å². The molecule has 0 aliphatic carbocycles. The fraction of sp³-hybridized carbons (Fsp3) is 0.333. The number of rotatable bonds is 5. The van der Waals surface area contributed by atoms with Crippen LogP contribution in [0.4, 0.5) is 5.69 Å². The molecule has 0 fully saturated rings. The monoisotopic (exact) mass is 265 g/mol. The minimum absolute atomic E-state index is 0.202. The van der Waals surface area contributed by atoms with E-state index < -0.39 is 0 Å². The number of carbonyl (C=O) groups is 1. The highest BCUT2D eigenvalue weighted by Crippen LogP contribution is 2.14. The van der Waals surface area contributed by atoms with E-state index in [-0.39, 0.29) is 12.6 Å². The number of hydrogen-bond donors (Lipinski definition) is 1. The van der Waals surface area contributed by atoms with Crippen LogP contribution in [0, 0.1) is 0 Å². The first-order valence-corrected chi connectivity index (χ1v) is 6.59. The highest BCUT2D eigenvalue weighted by atomic mass is 32.1. The summed E-state index contributed by atoms with van der Waals surface area (Å²) in [6.07, 6.45) is 4.37. The quantitative estimate of drug-likeness (QED) is 0.842. The average molecular weight is 265 g/mol. The number of ether oxygens (including phenoxy) is 1. The maximum absolute atomic E-state index is 11.9. The maximum Gasteiger partial charge on any atom is 0.355 e. The molecule has 0 amide bonds. The number of aryl methyl sites for hydroxylation is 1. The Morgan fingerprint density at radius 2 is 2.44 bits per heavy atom. The van der Waals surface area contributed by atoms with Crippen LogP contribution in [0.2, 0.25) is 0 Å². The van der Waals surface area contributed by atoms with Gasteiger partial charge in [-0.15, -0.1) is 11.3 Å². The number of nitrogens with zero attached hydrogens (tertiary/aromatic N) is 2. The number of aromatic nitrogens is 2. The van der Waals surface area contributed by atoms with E-state index in [9.17, 15) is 4.79 Å². The molecule has 96 valence electrons. The van der Waals surface area contributed by atoms with Crippen LogP contribution in [0.25, 0.3) is 0 Å². The summed E-state index contributed by atoms with van der Waals surface area (Å²) in [5.41, 5.74) is 6.76. The zero-order valence-corrected chi connectivity index (χ0v) is 10.9. The van der Waals surface area contributed by atoms with Crippen molar-refractivity contribution in [1.29, 1.82) is 0 Å². The number of hydrogen-bond acceptors (Lipinski definition) is 5. The standard InChI is InChI=1S/C12H15N3O2S/c1-2-4-15-7-9(13)6-10(15)12(16)17-8-11-14-3-5-18-11/h3,5-7H,2,4,8,13H2,1H3. The molecule has 0 unspecified atom stereocenters. The molecule has 0 aliphatic rings. The van der Waals surface area contributed by atoms with Gasteiger partial charge in [0.15, 0.2) is 0 Å². The number of nitrogen functional groups attached to an aromatic ring is 1. The van der Waals surface area contributed by atoms with Crippen molar-refractivity contribution in [3.05, 3.63) is 34.5 Å². The molecule has 18 heavy (non-hydrogen) atoms. The van der Waals surface area contributed by atoms with Crippen molar-refractivity contribution in [2.45, 2.75) is 26.5 Å². The number of anilines is 1. The van der Waals surface area contributed by atoms with Crippen LogP contribution in [0.1, 0.15) is 28.8 Å². The third-order valence-corrected chi connectivity index (χ3v) is 3.15. The zero-order valence-electron chi connectivity index (χ0n) is 10.1. The van der Waals surface area contributed by atoms with Crippen molar-refractivity contribution >= 4 is 23.0 Å². The Balaban J connectivity index is 2.03. The lowest BCUT2D eigenvalue weighted by atomic mass is 10.4. The molecular weight excluding hydrogens is 250 g/mol. The minimum atomic E-state index is -0.365. The van der Waals surface area contributed by atoms with Crippen molar-refractivity contribution in [1.82, 2.24) is 9.55 Å². The fourth-order valence-corrected chi connectivity index (χ4v) is 2.18. The van der Waals surface area contributed by atoms with Crippen molar-refractivity contribution < 1.29 is 9.53 Å². The zero-order chi connectivity index (χ0) is 13.0. The van der Waals surface area contributed by atoms with E-state index in [0.29, 0.717) is 11.4 Å². The molecule has 0 aromatic carbocycles. The third kappa shape index (κ3) is 2.89. The second kappa shape index (κ2) is 5.68. The summed E-state index contributed by atoms with van der Waals surface area (Å²) in [6, 6.07) is 1.64. The average Bonchev–Trinajstić information content (AvgIpc) is 2.96. The van der Waals surface area contributed by atoms with Gasteiger partial charge < -0.3 is 15.0 Å². The normalized spacial score (nSPS) is 10.5. The second-order valence-electron chi connectivity index (χ2n) is 3.85. The Labute approximate surface area is 109 Å². The third-order valence-electron chi connectivity index (χ3n) is 2.40. The Bertz CT molecular complexity index is 519. The molecule has 5 nitrogen and oxygen atoms in total. The molecule has 2 N–H and O–H groups in total. The van der Waals surface area contributed by atoms with E-state index >= 15 is 0 Å². The molecule has 6 heteroatoms. The van der Waals surface area contributed by atoms with Crippen LogP contribution >= 0.6 is 11.3 Å². The van der Waals surface area contributed by atoms with E-state index in [1.54, 1.807) is 18.5 Å².